The van der Waals surface area contributed by atoms with Crippen LogP contribution in [0.3, 0.4) is 0 Å². The normalized spacial score (nSPS) is 11.2. The third-order valence-electron chi connectivity index (χ3n) is 6.82. The second-order valence-corrected chi connectivity index (χ2v) is 12.5. The summed E-state index contributed by atoms with van der Waals surface area (Å²) >= 11 is 0. The lowest BCUT2D eigenvalue weighted by atomic mass is 10.1. The van der Waals surface area contributed by atoms with E-state index in [-0.39, 0.29) is 0 Å². The molecular weight excluding hydrogens is 466 g/mol. The average molecular weight is 492 g/mol. The lowest BCUT2D eigenvalue weighted by molar-refractivity contribution is 1.32. The maximum Gasteiger partial charge on any atom is 0.224 e. The summed E-state index contributed by atoms with van der Waals surface area (Å²) in [5, 5.41) is 4.62. The Labute approximate surface area is 218 Å². The van der Waals surface area contributed by atoms with E-state index in [9.17, 15) is 0 Å². The van der Waals surface area contributed by atoms with Crippen molar-refractivity contribution >= 4 is 29.1 Å². The van der Waals surface area contributed by atoms with E-state index in [2.05, 4.69) is 120 Å². The second kappa shape index (κ2) is 10.1. The van der Waals surface area contributed by atoms with E-state index in [1.54, 1.807) is 0 Å². The minimum Gasteiger partial charge on any atom is -0.265 e. The molecule has 0 bridgehead atoms. The summed E-state index contributed by atoms with van der Waals surface area (Å²) in [5.74, 6) is 0. The van der Waals surface area contributed by atoms with Crippen molar-refractivity contribution in [3.63, 3.8) is 0 Å². The highest BCUT2D eigenvalue weighted by atomic mass is 28.3. The number of rotatable bonds is 6. The van der Waals surface area contributed by atoms with Crippen LogP contribution >= 0.6 is 0 Å². The molecule has 4 heteroatoms. The molecule has 3 nitrogen and oxygen atoms in total. The number of benzene rings is 3. The molecule has 3 heterocycles. The van der Waals surface area contributed by atoms with Gasteiger partial charge in [0, 0.05) is 46.5 Å². The molecule has 0 aliphatic carbocycles. The molecule has 6 rings (SSSR count). The molecule has 0 radical (unpaired) electrons. The van der Waals surface area contributed by atoms with Crippen molar-refractivity contribution < 1.29 is 0 Å². The largest absolute Gasteiger partial charge is 0.265 e. The van der Waals surface area contributed by atoms with Gasteiger partial charge in [0.25, 0.3) is 0 Å². The fraction of sp³-hybridized carbons (Fsp3) is 0. The summed E-state index contributed by atoms with van der Waals surface area (Å²) in [6.45, 7) is 0. The van der Waals surface area contributed by atoms with Gasteiger partial charge in [0.15, 0.2) is 0 Å². The molecule has 0 amide bonds. The third kappa shape index (κ3) is 4.07. The number of pyridine rings is 3. The Hall–Kier alpha value is -4.67. The van der Waals surface area contributed by atoms with Gasteiger partial charge in [0.1, 0.15) is 0 Å². The van der Waals surface area contributed by atoms with Gasteiger partial charge in [0.05, 0.1) is 0 Å². The molecule has 3 aromatic carbocycles. The number of hydrogen-bond acceptors (Lipinski definition) is 3. The van der Waals surface area contributed by atoms with Crippen molar-refractivity contribution in [2.45, 2.75) is 0 Å². The Morgan fingerprint density at radius 3 is 1.30 bits per heavy atom. The Balaban J connectivity index is 1.80. The molecule has 0 N–H and O–H groups in total. The first kappa shape index (κ1) is 22.8. The van der Waals surface area contributed by atoms with Crippen molar-refractivity contribution in [2.24, 2.45) is 0 Å². The van der Waals surface area contributed by atoms with Gasteiger partial charge in [-0.05, 0) is 45.8 Å². The van der Waals surface area contributed by atoms with Gasteiger partial charge in [-0.2, -0.15) is 0 Å². The van der Waals surface area contributed by atoms with Crippen molar-refractivity contribution in [2.75, 3.05) is 0 Å². The van der Waals surface area contributed by atoms with Crippen LogP contribution in [0.5, 0.6) is 0 Å². The molecule has 0 unspecified atom stereocenters. The van der Waals surface area contributed by atoms with Crippen LogP contribution in [0.4, 0.5) is 0 Å². The maximum absolute atomic E-state index is 5.20. The summed E-state index contributed by atoms with van der Waals surface area (Å²) in [5.41, 5.74) is 4.48. The monoisotopic (exact) mass is 491 g/mol. The lowest BCUT2D eigenvalue weighted by Crippen LogP contribution is -2.77. The van der Waals surface area contributed by atoms with E-state index < -0.39 is 8.07 Å². The van der Waals surface area contributed by atoms with E-state index >= 15 is 0 Å². The van der Waals surface area contributed by atoms with Gasteiger partial charge < -0.3 is 0 Å². The van der Waals surface area contributed by atoms with E-state index in [0.717, 1.165) is 32.9 Å². The van der Waals surface area contributed by atoms with Gasteiger partial charge in [-0.15, -0.1) is 0 Å². The topological polar surface area (TPSA) is 38.7 Å². The van der Waals surface area contributed by atoms with Gasteiger partial charge in [-0.1, -0.05) is 103 Å². The van der Waals surface area contributed by atoms with Crippen molar-refractivity contribution in [3.05, 3.63) is 152 Å². The highest BCUT2D eigenvalue weighted by molar-refractivity contribution is 7.20. The number of hydrogen-bond donors (Lipinski definition) is 0. The molecule has 0 fully saturated rings. The smallest absolute Gasteiger partial charge is 0.224 e. The summed E-state index contributed by atoms with van der Waals surface area (Å²) < 4.78 is 0. The highest BCUT2D eigenvalue weighted by Gasteiger charge is 2.47. The van der Waals surface area contributed by atoms with Crippen LogP contribution in [0.1, 0.15) is 0 Å². The molecule has 0 saturated heterocycles. The molecule has 3 aromatic heterocycles. The zero-order chi connectivity index (χ0) is 24.9. The van der Waals surface area contributed by atoms with Gasteiger partial charge in [0.2, 0.25) is 8.07 Å². The zero-order valence-electron chi connectivity index (χ0n) is 20.3. The molecule has 0 atom stereocenters. The van der Waals surface area contributed by atoms with Crippen molar-refractivity contribution in [1.29, 1.82) is 0 Å². The summed E-state index contributed by atoms with van der Waals surface area (Å²) in [4.78, 5) is 14.7. The van der Waals surface area contributed by atoms with Gasteiger partial charge >= 0.3 is 0 Å². The van der Waals surface area contributed by atoms with Gasteiger partial charge in [-0.3, -0.25) is 15.0 Å². The summed E-state index contributed by atoms with van der Waals surface area (Å²) in [6.07, 6.45) is 7.52. The van der Waals surface area contributed by atoms with Crippen LogP contribution in [0.2, 0.25) is 0 Å². The summed E-state index contributed by atoms with van der Waals surface area (Å²) in [7, 11) is -3.00. The zero-order valence-corrected chi connectivity index (χ0v) is 21.3. The fourth-order valence-corrected chi connectivity index (χ4v) is 10.1. The first-order valence-corrected chi connectivity index (χ1v) is 14.4. The molecule has 0 aliphatic heterocycles. The van der Waals surface area contributed by atoms with Crippen LogP contribution in [-0.4, -0.2) is 23.0 Å². The predicted molar refractivity (Wildman–Crippen MR) is 154 cm³/mol. The van der Waals surface area contributed by atoms with E-state index in [0.29, 0.717) is 0 Å². The standard InChI is InChI=1S/C33H25N3Si/c1-4-12-26(13-5-1)30-18-10-22-35-32(30)37(28-14-6-2-7-15-28,29-16-8-3-9-17-29)33-31(19-11-23-36-33)27-20-24-34-25-21-27/h1-25H. The molecule has 176 valence electrons. The Morgan fingerprint density at radius 2 is 0.811 bits per heavy atom. The molecule has 0 spiro atoms. The minimum absolute atomic E-state index is 1.06. The second-order valence-electron chi connectivity index (χ2n) is 8.88. The van der Waals surface area contributed by atoms with E-state index in [1.165, 1.54) is 10.4 Å². The quantitative estimate of drug-likeness (QED) is 0.320. The van der Waals surface area contributed by atoms with E-state index in [4.69, 9.17) is 9.97 Å². The SMILES string of the molecule is c1ccc(-c2cccnc2[Si](c2ccccc2)(c2ccccc2)c2ncccc2-c2ccncc2)cc1. The first-order valence-electron chi connectivity index (χ1n) is 12.4. The lowest BCUT2D eigenvalue weighted by Gasteiger charge is -2.35. The Bertz CT molecular complexity index is 1480. The average Bonchev–Trinajstić information content (AvgIpc) is 3.00. The first-order chi connectivity index (χ1) is 18.4. The van der Waals surface area contributed by atoms with Crippen molar-refractivity contribution in [1.82, 2.24) is 15.0 Å². The van der Waals surface area contributed by atoms with Crippen molar-refractivity contribution in [3.8, 4) is 22.3 Å². The molecule has 0 saturated carbocycles. The summed E-state index contributed by atoms with van der Waals surface area (Å²) in [6, 6.07) is 44.7. The van der Waals surface area contributed by atoms with Crippen LogP contribution in [-0.2, 0) is 0 Å². The number of nitrogens with zero attached hydrogens (tertiary/aromatic N) is 3. The van der Waals surface area contributed by atoms with Crippen LogP contribution < -0.4 is 21.0 Å². The Morgan fingerprint density at radius 1 is 0.378 bits per heavy atom. The molecule has 37 heavy (non-hydrogen) atoms. The molecular formula is C33H25N3Si. The van der Waals surface area contributed by atoms with Crippen LogP contribution in [0.25, 0.3) is 22.3 Å². The maximum atomic E-state index is 5.20. The minimum atomic E-state index is -3.00. The predicted octanol–water partition coefficient (Wildman–Crippen LogP) is 4.58. The highest BCUT2D eigenvalue weighted by Crippen LogP contribution is 2.23. The van der Waals surface area contributed by atoms with E-state index in [1.807, 2.05) is 36.9 Å². The van der Waals surface area contributed by atoms with Crippen LogP contribution in [0.15, 0.2) is 152 Å². The third-order valence-corrected chi connectivity index (χ3v) is 11.4. The molecule has 0 aliphatic rings. The number of aromatic nitrogens is 3. The Kier molecular flexibility index (Phi) is 6.23. The fourth-order valence-electron chi connectivity index (χ4n) is 5.23. The van der Waals surface area contributed by atoms with Crippen LogP contribution in [0, 0.1) is 0 Å². The molecule has 6 aromatic rings. The van der Waals surface area contributed by atoms with Gasteiger partial charge in [-0.25, -0.2) is 0 Å².